The highest BCUT2D eigenvalue weighted by molar-refractivity contribution is 14.1. The van der Waals surface area contributed by atoms with Crippen molar-refractivity contribution in [3.63, 3.8) is 0 Å². The van der Waals surface area contributed by atoms with Crippen molar-refractivity contribution in [2.45, 2.75) is 0 Å². The highest BCUT2D eigenvalue weighted by atomic mass is 127. The van der Waals surface area contributed by atoms with Crippen molar-refractivity contribution < 1.29 is 1.41 Å². The molecular formula is HB28IN. The Hall–Kier alpha value is 2.51. The molecule has 0 aliphatic carbocycles. The van der Waals surface area contributed by atoms with E-state index < -0.39 is 83.3 Å². The van der Waals surface area contributed by atoms with E-state index in [9.17, 15) is 0 Å². The van der Waals surface area contributed by atoms with Crippen molar-refractivity contribution in [3.8, 4) is 0 Å². The molecule has 0 bridgehead atoms. The van der Waals surface area contributed by atoms with Gasteiger partial charge in [-0.05, 0) is 0 Å². The molecule has 30 heavy (non-hydrogen) atoms. The number of nitrogens with one attached hydrogen (secondary N) is 1. The third-order valence-corrected chi connectivity index (χ3v) is 6.21. The maximum Gasteiger partial charge on any atom is 0.129 e. The van der Waals surface area contributed by atoms with Gasteiger partial charge in [0.15, 0.2) is 0 Å². The molecule has 0 heterocycles. The molecule has 0 unspecified atom stereocenters. The number of rotatable bonds is 14. The van der Waals surface area contributed by atoms with Crippen LogP contribution in [0.15, 0.2) is 0 Å². The van der Waals surface area contributed by atoms with Crippen LogP contribution in [-0.2, 0) is 0 Å². The van der Waals surface area contributed by atoms with Crippen molar-refractivity contribution in [1.29, 1.82) is 0 Å². The van der Waals surface area contributed by atoms with E-state index in [1.165, 1.54) is 7.06 Å². The van der Waals surface area contributed by atoms with Crippen LogP contribution in [0.3, 0.4) is 0 Å². The first kappa shape index (κ1) is 30.5. The largest absolute Gasteiger partial charge is 0.319 e. The quantitative estimate of drug-likeness (QED) is 0.159. The Labute approximate surface area is 224 Å². The van der Waals surface area contributed by atoms with Gasteiger partial charge in [-0.3, -0.25) is 0 Å². The van der Waals surface area contributed by atoms with Crippen LogP contribution in [-0.4, -0.2) is 199 Å². The fourth-order valence-corrected chi connectivity index (χ4v) is 4.99. The van der Waals surface area contributed by atoms with Gasteiger partial charge in [0.05, 0.1) is 0 Å². The summed E-state index contributed by atoms with van der Waals surface area (Å²) in [6.45, 7) is -0.923. The van der Waals surface area contributed by atoms with Gasteiger partial charge in [-0.25, -0.2) is 0 Å². The summed E-state index contributed by atoms with van der Waals surface area (Å²) in [5.41, 5.74) is 0. The fourth-order valence-electron chi connectivity index (χ4n) is 4.25. The molecule has 30 heteroatoms. The van der Waals surface area contributed by atoms with Gasteiger partial charge in [0.2, 0.25) is 0 Å². The van der Waals surface area contributed by atoms with E-state index in [4.69, 9.17) is 110 Å². The van der Waals surface area contributed by atoms with Crippen molar-refractivity contribution >= 4 is 221 Å². The molecule has 0 rings (SSSR count). The molecule has 0 aliphatic rings. The molecule has 0 aromatic carbocycles. The zero-order valence-electron chi connectivity index (χ0n) is 18.0. The second-order valence-corrected chi connectivity index (χ2v) is 8.27. The Morgan fingerprint density at radius 1 is 0.533 bits per heavy atom. The van der Waals surface area contributed by atoms with Crippen LogP contribution in [0, 0.1) is 0 Å². The van der Waals surface area contributed by atoms with Gasteiger partial charge in [0.25, 0.3) is 0 Å². The van der Waals surface area contributed by atoms with E-state index in [1.807, 2.05) is 0 Å². The standard InChI is InChI=1S/B28HIN/c1-15-22(14)26(23(16(2)3)17(4)5)28(30-29)27(24(18(6)7)19(8)9)25(20(10)11)21(12)13/h30H/i/hT. The lowest BCUT2D eigenvalue weighted by Gasteiger charge is -2.47. The molecular weight excluding hydrogens is 444 g/mol. The van der Waals surface area contributed by atoms with E-state index in [-0.39, 0.29) is 0 Å². The van der Waals surface area contributed by atoms with E-state index >= 15 is 0 Å². The van der Waals surface area contributed by atoms with E-state index in [1.54, 1.807) is 22.9 Å². The highest BCUT2D eigenvalue weighted by Gasteiger charge is 2.52. The summed E-state index contributed by atoms with van der Waals surface area (Å²) in [5, 5.41) is 0. The van der Waals surface area contributed by atoms with Crippen LogP contribution in [0.2, 0.25) is 1.41 Å². The summed E-state index contributed by atoms with van der Waals surface area (Å²) < 4.78 is 9.57. The summed E-state index contributed by atoms with van der Waals surface area (Å²) in [6, 6.07) is 0. The topological polar surface area (TPSA) is 12.0 Å². The third kappa shape index (κ3) is 8.94. The van der Waals surface area contributed by atoms with Gasteiger partial charge in [0.1, 0.15) is 8.04 Å². The van der Waals surface area contributed by atoms with E-state index in [2.05, 4.69) is 0 Å². The Morgan fingerprint density at radius 3 is 1.00 bits per heavy atom. The molecule has 1 nitrogen and oxygen atoms in total. The fraction of sp³-hybridized carbons (Fsp3) is 0. The summed E-state index contributed by atoms with van der Waals surface area (Å²) in [6.07, 6.45) is -11.4. The third-order valence-electron chi connectivity index (χ3n) is 5.57. The first-order valence-electron chi connectivity index (χ1n) is 9.87. The molecule has 0 saturated carbocycles. The predicted octanol–water partition coefficient (Wildman–Crippen LogP) is -10.3. The second kappa shape index (κ2) is 15.5. The van der Waals surface area contributed by atoms with Crippen molar-refractivity contribution in [2.75, 3.05) is 0 Å². The number of hydrogen-bond donors (Lipinski definition) is 1. The maximum atomic E-state index is 8.51. The molecule has 0 spiro atoms. The summed E-state index contributed by atoms with van der Waals surface area (Å²) in [7, 11) is 85.5. The van der Waals surface area contributed by atoms with Crippen LogP contribution in [0.1, 0.15) is 0 Å². The molecule has 0 aromatic heterocycles. The van der Waals surface area contributed by atoms with Gasteiger partial charge in [0, 0.05) is 215 Å². The molecule has 0 amide bonds. The van der Waals surface area contributed by atoms with E-state index in [0.29, 0.717) is 0 Å². The van der Waals surface area contributed by atoms with Crippen LogP contribution in [0.4, 0.5) is 0 Å². The monoisotopic (exact) mass is 452 g/mol. The first-order chi connectivity index (χ1) is 14.1. The van der Waals surface area contributed by atoms with Crippen LogP contribution < -0.4 is 3.43 Å². The highest BCUT2D eigenvalue weighted by Crippen LogP contribution is 2.12. The molecule has 0 aromatic rings. The molecule has 0 aliphatic heterocycles. The SMILES string of the molecule is [3H]N(I)B(B(B([B])[B][B])B(B([B])[B])B([B])[B])B(B(B([B])[B])B([B])[B])B(B([B])[B])B([B])[B]. The molecule has 29 radical (unpaired) electrons. The lowest BCUT2D eigenvalue weighted by Crippen LogP contribution is -2.87. The van der Waals surface area contributed by atoms with Gasteiger partial charge < -0.3 is 3.43 Å². The zero-order valence-corrected chi connectivity index (χ0v) is 19.1. The molecule has 0 fully saturated rings. The van der Waals surface area contributed by atoms with Gasteiger partial charge in [-0.15, -0.1) is 0 Å². The minimum atomic E-state index is -1.06. The van der Waals surface area contributed by atoms with Crippen molar-refractivity contribution in [2.24, 2.45) is 0 Å². The molecule has 0 saturated heterocycles. The van der Waals surface area contributed by atoms with Gasteiger partial charge in [-0.1, -0.05) is 0 Å². The number of hydrogen-bond acceptors (Lipinski definition) is 1. The summed E-state index contributed by atoms with van der Waals surface area (Å²) in [4.78, 5) is 0. The number of halogens is 1. The molecule has 1 N–H and O–H groups in total. The Morgan fingerprint density at radius 2 is 0.800 bits per heavy atom. The molecule has 97 valence electrons. The van der Waals surface area contributed by atoms with Gasteiger partial charge >= 0.3 is 0 Å². The van der Waals surface area contributed by atoms with Crippen molar-refractivity contribution in [3.05, 3.63) is 0 Å². The lowest BCUT2D eigenvalue weighted by molar-refractivity contribution is 1.79. The first-order valence-corrected chi connectivity index (χ1v) is 10.4. The average Bonchev–Trinajstić information content (AvgIpc) is 2.57. The minimum Gasteiger partial charge on any atom is -0.319 e. The lowest BCUT2D eigenvalue weighted by atomic mass is 8.37. The Balaban J connectivity index is 7.06. The normalized spacial score (nSPS) is 10.1. The van der Waals surface area contributed by atoms with Crippen LogP contribution >= 0.6 is 22.9 Å². The summed E-state index contributed by atoms with van der Waals surface area (Å²) in [5.74, 6) is 0. The second-order valence-electron chi connectivity index (χ2n) is 7.71. The Kier molecular flexibility index (Phi) is 15.8. The Bertz CT molecular complexity index is 428. The molecule has 0 atom stereocenters. The zero-order chi connectivity index (χ0) is 24.8. The van der Waals surface area contributed by atoms with Crippen LogP contribution in [0.5, 0.6) is 0 Å². The summed E-state index contributed by atoms with van der Waals surface area (Å²) >= 11 is 1.73. The van der Waals surface area contributed by atoms with Crippen molar-refractivity contribution in [1.82, 2.24) is 3.43 Å². The predicted molar refractivity (Wildman–Crippen MR) is 178 cm³/mol. The van der Waals surface area contributed by atoms with E-state index in [0.717, 1.165) is 3.43 Å². The van der Waals surface area contributed by atoms with Crippen LogP contribution in [0.25, 0.3) is 0 Å². The maximum absolute atomic E-state index is 8.51. The minimum absolute atomic E-state index is 0.815. The van der Waals surface area contributed by atoms with Gasteiger partial charge in [-0.2, -0.15) is 0 Å². The smallest absolute Gasteiger partial charge is 0.129 e. The average molecular weight is 447 g/mol.